The summed E-state index contributed by atoms with van der Waals surface area (Å²) in [6, 6.07) is 11.2. The van der Waals surface area contributed by atoms with E-state index in [9.17, 15) is 14.4 Å². The number of rotatable bonds is 9. The number of allylic oxidation sites excluding steroid dienone is 1. The van der Waals surface area contributed by atoms with Gasteiger partial charge in [0.1, 0.15) is 11.5 Å². The molecule has 0 aliphatic heterocycles. The molecule has 0 aromatic heterocycles. The Morgan fingerprint density at radius 2 is 1.67 bits per heavy atom. The van der Waals surface area contributed by atoms with Gasteiger partial charge in [-0.05, 0) is 51.8 Å². The van der Waals surface area contributed by atoms with Gasteiger partial charge in [0.25, 0.3) is 0 Å². The van der Waals surface area contributed by atoms with E-state index in [1.807, 2.05) is 0 Å². The van der Waals surface area contributed by atoms with Crippen LogP contribution < -0.4 is 9.47 Å². The van der Waals surface area contributed by atoms with Crippen LogP contribution in [0, 0.1) is 0 Å². The minimum absolute atomic E-state index is 0.280. The number of hydrogen-bond donors (Lipinski definition) is 2. The molecule has 0 saturated carbocycles. The lowest BCUT2D eigenvalue weighted by Crippen LogP contribution is -2.09. The predicted molar refractivity (Wildman–Crippen MR) is 100 cm³/mol. The molecular formula is C19H15BrO7. The molecule has 2 rings (SSSR count). The molecule has 0 heterocycles. The Kier molecular flexibility index (Phi) is 7.13. The maximum Gasteiger partial charge on any atom is 0.341 e. The van der Waals surface area contributed by atoms with Crippen molar-refractivity contribution in [3.05, 3.63) is 64.1 Å². The van der Waals surface area contributed by atoms with Crippen molar-refractivity contribution in [2.45, 2.75) is 0 Å². The van der Waals surface area contributed by atoms with Crippen LogP contribution in [0.5, 0.6) is 11.5 Å². The highest BCUT2D eigenvalue weighted by molar-refractivity contribution is 9.10. The van der Waals surface area contributed by atoms with Gasteiger partial charge in [0.2, 0.25) is 0 Å². The summed E-state index contributed by atoms with van der Waals surface area (Å²) in [5, 5.41) is 17.2. The summed E-state index contributed by atoms with van der Waals surface area (Å²) in [7, 11) is 0. The third kappa shape index (κ3) is 6.59. The van der Waals surface area contributed by atoms with Crippen LogP contribution in [0.1, 0.15) is 15.9 Å². The first-order valence-electron chi connectivity index (χ1n) is 7.66. The van der Waals surface area contributed by atoms with Gasteiger partial charge in [-0.15, -0.1) is 0 Å². The molecule has 8 heteroatoms. The summed E-state index contributed by atoms with van der Waals surface area (Å²) in [5.41, 5.74) is 1.06. The molecule has 0 radical (unpaired) electrons. The summed E-state index contributed by atoms with van der Waals surface area (Å²) in [6.07, 6.45) is 2.97. The van der Waals surface area contributed by atoms with Crippen LogP contribution in [-0.4, -0.2) is 41.1 Å². The van der Waals surface area contributed by atoms with Crippen LogP contribution in [0.4, 0.5) is 0 Å². The lowest BCUT2D eigenvalue weighted by atomic mass is 10.1. The summed E-state index contributed by atoms with van der Waals surface area (Å²) in [4.78, 5) is 33.3. The molecule has 0 amide bonds. The van der Waals surface area contributed by atoms with E-state index in [1.165, 1.54) is 12.1 Å². The van der Waals surface area contributed by atoms with E-state index in [4.69, 9.17) is 19.7 Å². The molecule has 0 bridgehead atoms. The van der Waals surface area contributed by atoms with Crippen LogP contribution >= 0.6 is 15.9 Å². The van der Waals surface area contributed by atoms with Crippen molar-refractivity contribution in [3.8, 4) is 11.5 Å². The van der Waals surface area contributed by atoms with Crippen molar-refractivity contribution in [3.63, 3.8) is 0 Å². The van der Waals surface area contributed by atoms with Crippen LogP contribution in [0.3, 0.4) is 0 Å². The first kappa shape index (κ1) is 20.2. The van der Waals surface area contributed by atoms with Crippen molar-refractivity contribution in [1.82, 2.24) is 0 Å². The van der Waals surface area contributed by atoms with E-state index in [2.05, 4.69) is 15.9 Å². The molecule has 2 aromatic rings. The Morgan fingerprint density at radius 3 is 2.33 bits per heavy atom. The Morgan fingerprint density at radius 1 is 0.963 bits per heavy atom. The highest BCUT2D eigenvalue weighted by atomic mass is 79.9. The Labute approximate surface area is 163 Å². The van der Waals surface area contributed by atoms with Crippen molar-refractivity contribution in [2.75, 3.05) is 13.2 Å². The van der Waals surface area contributed by atoms with Crippen LogP contribution in [0.15, 0.2) is 53.0 Å². The molecule has 0 saturated heterocycles. The molecule has 0 fully saturated rings. The maximum atomic E-state index is 12.3. The third-order valence-corrected chi connectivity index (χ3v) is 3.83. The number of carboxylic acid groups (broad SMARTS) is 2. The molecule has 2 N–H and O–H groups in total. The topological polar surface area (TPSA) is 110 Å². The van der Waals surface area contributed by atoms with E-state index in [-0.39, 0.29) is 5.78 Å². The zero-order valence-electron chi connectivity index (χ0n) is 13.9. The zero-order valence-corrected chi connectivity index (χ0v) is 15.5. The predicted octanol–water partition coefficient (Wildman–Crippen LogP) is 3.27. The highest BCUT2D eigenvalue weighted by Crippen LogP contribution is 2.26. The summed E-state index contributed by atoms with van der Waals surface area (Å²) in [6.45, 7) is -0.940. The Bertz CT molecular complexity index is 889. The molecule has 0 spiro atoms. The quantitative estimate of drug-likeness (QED) is 0.460. The fraction of sp³-hybridized carbons (Fsp3) is 0.105. The second-order valence-electron chi connectivity index (χ2n) is 5.28. The van der Waals surface area contributed by atoms with E-state index in [0.717, 1.165) is 0 Å². The molecule has 0 unspecified atom stereocenters. The van der Waals surface area contributed by atoms with Gasteiger partial charge >= 0.3 is 11.9 Å². The first-order valence-corrected chi connectivity index (χ1v) is 8.45. The number of ether oxygens (including phenoxy) is 2. The van der Waals surface area contributed by atoms with Gasteiger partial charge in [-0.2, -0.15) is 0 Å². The average molecular weight is 435 g/mol. The normalized spacial score (nSPS) is 10.6. The van der Waals surface area contributed by atoms with Gasteiger partial charge in [0.05, 0.1) is 4.47 Å². The third-order valence-electron chi connectivity index (χ3n) is 3.22. The van der Waals surface area contributed by atoms with Gasteiger partial charge in [0, 0.05) is 5.56 Å². The minimum atomic E-state index is -1.10. The van der Waals surface area contributed by atoms with Gasteiger partial charge in [0.15, 0.2) is 19.0 Å². The van der Waals surface area contributed by atoms with Gasteiger partial charge in [-0.25, -0.2) is 9.59 Å². The van der Waals surface area contributed by atoms with E-state index < -0.39 is 25.2 Å². The number of carbonyl (C=O) groups excluding carboxylic acids is 1. The van der Waals surface area contributed by atoms with E-state index >= 15 is 0 Å². The molecule has 2 aromatic carbocycles. The molecule has 27 heavy (non-hydrogen) atoms. The number of halogens is 1. The van der Waals surface area contributed by atoms with Gasteiger partial charge < -0.3 is 19.7 Å². The van der Waals surface area contributed by atoms with Crippen molar-refractivity contribution in [2.24, 2.45) is 0 Å². The number of aliphatic carboxylic acids is 2. The van der Waals surface area contributed by atoms with Crippen LogP contribution in [0.2, 0.25) is 0 Å². The summed E-state index contributed by atoms with van der Waals surface area (Å²) in [5.74, 6) is -1.79. The molecule has 0 atom stereocenters. The molecule has 140 valence electrons. The zero-order chi connectivity index (χ0) is 19.8. The second kappa shape index (κ2) is 9.54. The van der Waals surface area contributed by atoms with E-state index in [0.29, 0.717) is 27.1 Å². The SMILES string of the molecule is O=C(O)COc1cccc(C(=O)/C=C/c2ccc(OCC(=O)O)c(Br)c2)c1. The largest absolute Gasteiger partial charge is 0.482 e. The van der Waals surface area contributed by atoms with Gasteiger partial charge in [-0.3, -0.25) is 4.79 Å². The Balaban J connectivity index is 2.05. The van der Waals surface area contributed by atoms with Crippen molar-refractivity contribution >= 4 is 39.7 Å². The Hall–Kier alpha value is -3.13. The smallest absolute Gasteiger partial charge is 0.341 e. The van der Waals surface area contributed by atoms with Gasteiger partial charge in [-0.1, -0.05) is 24.3 Å². The second-order valence-corrected chi connectivity index (χ2v) is 6.13. The van der Waals surface area contributed by atoms with Crippen LogP contribution in [-0.2, 0) is 9.59 Å². The fourth-order valence-corrected chi connectivity index (χ4v) is 2.54. The summed E-state index contributed by atoms with van der Waals surface area (Å²) >= 11 is 3.29. The van der Waals surface area contributed by atoms with Crippen molar-refractivity contribution in [1.29, 1.82) is 0 Å². The minimum Gasteiger partial charge on any atom is -0.482 e. The monoisotopic (exact) mass is 434 g/mol. The average Bonchev–Trinajstić information content (AvgIpc) is 2.63. The lowest BCUT2D eigenvalue weighted by Gasteiger charge is -2.06. The number of ketones is 1. The molecule has 0 aliphatic rings. The van der Waals surface area contributed by atoms with Crippen molar-refractivity contribution < 1.29 is 34.1 Å². The standard InChI is InChI=1S/C19H15BrO7/c20-15-8-12(5-7-17(15)27-11-19(24)25)4-6-16(21)13-2-1-3-14(9-13)26-10-18(22)23/h1-9H,10-11H2,(H,22,23)(H,24,25)/b6-4+. The number of carboxylic acids is 2. The first-order chi connectivity index (χ1) is 12.8. The number of carbonyl (C=O) groups is 3. The fourth-order valence-electron chi connectivity index (χ4n) is 2.03. The number of hydrogen-bond acceptors (Lipinski definition) is 5. The molecule has 7 nitrogen and oxygen atoms in total. The van der Waals surface area contributed by atoms with E-state index in [1.54, 1.807) is 42.5 Å². The summed E-state index contributed by atoms with van der Waals surface area (Å²) < 4.78 is 10.7. The molecule has 0 aliphatic carbocycles. The van der Waals surface area contributed by atoms with Crippen LogP contribution in [0.25, 0.3) is 6.08 Å². The maximum absolute atomic E-state index is 12.3. The molecular weight excluding hydrogens is 420 g/mol. The highest BCUT2D eigenvalue weighted by Gasteiger charge is 2.07. The lowest BCUT2D eigenvalue weighted by molar-refractivity contribution is -0.140. The number of benzene rings is 2.